The van der Waals surface area contributed by atoms with Crippen LogP contribution in [0.1, 0.15) is 5.69 Å². The Hall–Kier alpha value is -2.14. The van der Waals surface area contributed by atoms with E-state index in [-0.39, 0.29) is 0 Å². The Morgan fingerprint density at radius 1 is 1.15 bits per heavy atom. The van der Waals surface area contributed by atoms with Gasteiger partial charge in [0.05, 0.1) is 34.4 Å². The topological polar surface area (TPSA) is 47.0 Å². The van der Waals surface area contributed by atoms with Crippen LogP contribution < -0.4 is 10.1 Å². The van der Waals surface area contributed by atoms with Crippen molar-refractivity contribution in [2.24, 2.45) is 0 Å². The maximum atomic E-state index is 5.24. The van der Waals surface area contributed by atoms with Gasteiger partial charge >= 0.3 is 0 Å². The quantitative estimate of drug-likeness (QED) is 0.796. The van der Waals surface area contributed by atoms with E-state index in [1.807, 2.05) is 44.3 Å². The summed E-state index contributed by atoms with van der Waals surface area (Å²) >= 11 is 1.63. The van der Waals surface area contributed by atoms with Gasteiger partial charge in [-0.3, -0.25) is 0 Å². The van der Waals surface area contributed by atoms with Gasteiger partial charge < -0.3 is 10.1 Å². The monoisotopic (exact) mass is 285 g/mol. The molecule has 0 saturated heterocycles. The number of nitrogens with one attached hydrogen (secondary N) is 1. The van der Waals surface area contributed by atoms with E-state index in [9.17, 15) is 0 Å². The lowest BCUT2D eigenvalue weighted by molar-refractivity contribution is 0.415. The third-order valence-corrected chi connectivity index (χ3v) is 4.21. The highest BCUT2D eigenvalue weighted by Gasteiger charge is 2.09. The van der Waals surface area contributed by atoms with Gasteiger partial charge in [-0.05, 0) is 37.3 Å². The minimum Gasteiger partial charge on any atom is -0.497 e. The van der Waals surface area contributed by atoms with Crippen LogP contribution in [-0.4, -0.2) is 24.1 Å². The van der Waals surface area contributed by atoms with E-state index in [1.165, 1.54) is 0 Å². The molecule has 5 heteroatoms. The zero-order valence-corrected chi connectivity index (χ0v) is 12.4. The fourth-order valence-electron chi connectivity index (χ4n) is 2.09. The van der Waals surface area contributed by atoms with Crippen molar-refractivity contribution in [1.82, 2.24) is 9.97 Å². The number of rotatable bonds is 3. The molecule has 2 aromatic heterocycles. The number of hydrogen-bond acceptors (Lipinski definition) is 5. The van der Waals surface area contributed by atoms with Crippen molar-refractivity contribution in [3.8, 4) is 16.5 Å². The Bertz CT molecular complexity index is 767. The molecule has 1 N–H and O–H groups in total. The van der Waals surface area contributed by atoms with Crippen molar-refractivity contribution in [1.29, 1.82) is 0 Å². The fourth-order valence-corrected chi connectivity index (χ4v) is 3.05. The summed E-state index contributed by atoms with van der Waals surface area (Å²) in [6.45, 7) is 1.99. The molecule has 0 atom stereocenters. The van der Waals surface area contributed by atoms with Crippen LogP contribution in [0.3, 0.4) is 0 Å². The van der Waals surface area contributed by atoms with Crippen LogP contribution in [-0.2, 0) is 0 Å². The molecule has 0 bridgehead atoms. The van der Waals surface area contributed by atoms with Gasteiger partial charge in [0.25, 0.3) is 0 Å². The predicted octanol–water partition coefficient (Wildman–Crippen LogP) is 3.72. The molecule has 3 aromatic rings. The number of aryl methyl sites for hydroxylation is 1. The summed E-state index contributed by atoms with van der Waals surface area (Å²) in [6.07, 6.45) is 0. The number of hydrogen-bond donors (Lipinski definition) is 1. The summed E-state index contributed by atoms with van der Waals surface area (Å²) in [6, 6.07) is 9.93. The van der Waals surface area contributed by atoms with Gasteiger partial charge in [-0.15, -0.1) is 11.3 Å². The van der Waals surface area contributed by atoms with E-state index in [0.29, 0.717) is 0 Å². The van der Waals surface area contributed by atoms with Crippen LogP contribution in [0.5, 0.6) is 5.75 Å². The Morgan fingerprint density at radius 2 is 2.00 bits per heavy atom. The average Bonchev–Trinajstić information content (AvgIpc) is 2.89. The molecule has 4 nitrogen and oxygen atoms in total. The third kappa shape index (κ3) is 2.20. The maximum Gasteiger partial charge on any atom is 0.143 e. The number of fused-ring (bicyclic) bond motifs is 1. The molecule has 1 aromatic carbocycles. The van der Waals surface area contributed by atoms with Crippen LogP contribution >= 0.6 is 11.3 Å². The molecule has 3 rings (SSSR count). The number of pyridine rings is 1. The second-order valence-electron chi connectivity index (χ2n) is 4.43. The number of thiazole rings is 1. The van der Waals surface area contributed by atoms with E-state index in [2.05, 4.69) is 15.3 Å². The molecule has 2 heterocycles. The van der Waals surface area contributed by atoms with Crippen molar-refractivity contribution < 1.29 is 4.74 Å². The molecule has 0 fully saturated rings. The van der Waals surface area contributed by atoms with Gasteiger partial charge in [-0.25, -0.2) is 9.97 Å². The van der Waals surface area contributed by atoms with Gasteiger partial charge in [0.2, 0.25) is 0 Å². The Morgan fingerprint density at radius 3 is 2.70 bits per heavy atom. The van der Waals surface area contributed by atoms with Gasteiger partial charge in [0, 0.05) is 7.05 Å². The minimum absolute atomic E-state index is 0.849. The second kappa shape index (κ2) is 5.09. The first-order valence-corrected chi connectivity index (χ1v) is 7.13. The largest absolute Gasteiger partial charge is 0.497 e. The molecule has 0 aliphatic carbocycles. The van der Waals surface area contributed by atoms with E-state index < -0.39 is 0 Å². The summed E-state index contributed by atoms with van der Waals surface area (Å²) in [5, 5.41) is 4.05. The molecule has 0 unspecified atom stereocenters. The first kappa shape index (κ1) is 12.9. The molecule has 0 amide bonds. The highest BCUT2D eigenvalue weighted by molar-refractivity contribution is 7.21. The summed E-state index contributed by atoms with van der Waals surface area (Å²) in [7, 11) is 3.57. The number of aromatic nitrogens is 2. The summed E-state index contributed by atoms with van der Waals surface area (Å²) in [5.74, 6) is 0.849. The van der Waals surface area contributed by atoms with Crippen LogP contribution in [0.15, 0.2) is 30.3 Å². The van der Waals surface area contributed by atoms with Crippen LogP contribution in [0, 0.1) is 6.92 Å². The Labute approximate surface area is 121 Å². The smallest absolute Gasteiger partial charge is 0.143 e. The highest BCUT2D eigenvalue weighted by Crippen LogP contribution is 2.32. The van der Waals surface area contributed by atoms with Gasteiger partial charge in [0.1, 0.15) is 10.8 Å². The molecule has 0 aliphatic heterocycles. The van der Waals surface area contributed by atoms with E-state index in [4.69, 9.17) is 4.74 Å². The van der Waals surface area contributed by atoms with Crippen LogP contribution in [0.2, 0.25) is 0 Å². The first-order valence-electron chi connectivity index (χ1n) is 6.31. The minimum atomic E-state index is 0.849. The molecular formula is C15H15N3OS. The lowest BCUT2D eigenvalue weighted by atomic mass is 10.2. The zero-order valence-electron chi connectivity index (χ0n) is 11.6. The van der Waals surface area contributed by atoms with Crippen LogP contribution in [0.25, 0.3) is 20.9 Å². The number of benzene rings is 1. The Kier molecular flexibility index (Phi) is 3.28. The zero-order chi connectivity index (χ0) is 14.1. The SMILES string of the molecule is CNc1ccc(-c2nc3ccc(OC)cc3s2)nc1C. The van der Waals surface area contributed by atoms with Crippen molar-refractivity contribution in [2.45, 2.75) is 6.92 Å². The molecular weight excluding hydrogens is 270 g/mol. The maximum absolute atomic E-state index is 5.24. The van der Waals surface area contributed by atoms with Crippen molar-refractivity contribution in [3.05, 3.63) is 36.0 Å². The number of nitrogens with zero attached hydrogens (tertiary/aromatic N) is 2. The summed E-state index contributed by atoms with van der Waals surface area (Å²) in [5.41, 5.74) is 3.89. The number of ether oxygens (including phenoxy) is 1. The number of anilines is 1. The fraction of sp³-hybridized carbons (Fsp3) is 0.200. The second-order valence-corrected chi connectivity index (χ2v) is 5.46. The van der Waals surface area contributed by atoms with E-state index in [0.717, 1.165) is 38.0 Å². The molecule has 0 saturated carbocycles. The van der Waals surface area contributed by atoms with Crippen LogP contribution in [0.4, 0.5) is 5.69 Å². The van der Waals surface area contributed by atoms with Crippen molar-refractivity contribution in [3.63, 3.8) is 0 Å². The summed E-state index contributed by atoms with van der Waals surface area (Å²) in [4.78, 5) is 9.24. The molecule has 102 valence electrons. The molecule has 0 spiro atoms. The van der Waals surface area contributed by atoms with Gasteiger partial charge in [-0.1, -0.05) is 0 Å². The van der Waals surface area contributed by atoms with Gasteiger partial charge in [0.15, 0.2) is 0 Å². The molecule has 0 radical (unpaired) electrons. The average molecular weight is 285 g/mol. The first-order chi connectivity index (χ1) is 9.71. The van der Waals surface area contributed by atoms with Gasteiger partial charge in [-0.2, -0.15) is 0 Å². The third-order valence-electron chi connectivity index (χ3n) is 3.17. The van der Waals surface area contributed by atoms with Crippen molar-refractivity contribution in [2.75, 3.05) is 19.5 Å². The lowest BCUT2D eigenvalue weighted by Gasteiger charge is -2.04. The highest BCUT2D eigenvalue weighted by atomic mass is 32.1. The standard InChI is InChI=1S/C15H15N3OS/c1-9-11(16-2)6-7-13(17-9)15-18-12-5-4-10(19-3)8-14(12)20-15/h4-8,16H,1-3H3. The van der Waals surface area contributed by atoms with E-state index >= 15 is 0 Å². The summed E-state index contributed by atoms with van der Waals surface area (Å²) < 4.78 is 6.35. The van der Waals surface area contributed by atoms with Crippen molar-refractivity contribution >= 4 is 27.2 Å². The predicted molar refractivity (Wildman–Crippen MR) is 83.7 cm³/mol. The normalized spacial score (nSPS) is 10.8. The molecule has 0 aliphatic rings. The van der Waals surface area contributed by atoms with E-state index in [1.54, 1.807) is 18.4 Å². The number of methoxy groups -OCH3 is 1. The molecule has 20 heavy (non-hydrogen) atoms. The Balaban J connectivity index is 2.07. The lowest BCUT2D eigenvalue weighted by Crippen LogP contribution is -1.95.